The number of nitrogens with two attached hydrogens (primary N) is 1. The highest BCUT2D eigenvalue weighted by Crippen LogP contribution is 2.41. The minimum Gasteiger partial charge on any atom is -0.321 e. The van der Waals surface area contributed by atoms with Gasteiger partial charge >= 0.3 is 0 Å². The molecule has 1 aliphatic rings. The summed E-state index contributed by atoms with van der Waals surface area (Å²) in [4.78, 5) is 3.90. The number of pyridine rings is 1. The normalized spacial score (nSPS) is 23.7. The molecule has 1 aliphatic carbocycles. The Hall–Kier alpha value is -1.03. The Morgan fingerprint density at radius 2 is 1.60 bits per heavy atom. The van der Waals surface area contributed by atoms with Crippen LogP contribution in [0.1, 0.15) is 31.2 Å². The van der Waals surface area contributed by atoms with E-state index in [0.29, 0.717) is 12.8 Å². The van der Waals surface area contributed by atoms with Crippen LogP contribution in [0.2, 0.25) is 0 Å². The summed E-state index contributed by atoms with van der Waals surface area (Å²) < 4.78 is 26.0. The number of hydrogen-bond acceptors (Lipinski definition) is 2. The summed E-state index contributed by atoms with van der Waals surface area (Å²) in [5, 5.41) is 0. The summed E-state index contributed by atoms with van der Waals surface area (Å²) in [7, 11) is 0. The fourth-order valence-electron chi connectivity index (χ4n) is 2.03. The van der Waals surface area contributed by atoms with Crippen LogP contribution in [-0.4, -0.2) is 10.9 Å². The van der Waals surface area contributed by atoms with Crippen LogP contribution >= 0.6 is 0 Å². The first kappa shape index (κ1) is 10.5. The van der Waals surface area contributed by atoms with Gasteiger partial charge < -0.3 is 5.73 Å². The molecule has 1 heterocycles. The van der Waals surface area contributed by atoms with Gasteiger partial charge in [-0.25, -0.2) is 8.78 Å². The maximum absolute atomic E-state index is 13.0. The second-order valence-corrected chi connectivity index (χ2v) is 4.25. The molecule has 2 N–H and O–H groups in total. The van der Waals surface area contributed by atoms with Gasteiger partial charge in [0.15, 0.2) is 0 Å². The number of alkyl halides is 2. The summed E-state index contributed by atoms with van der Waals surface area (Å²) in [6.07, 6.45) is 3.74. The highest BCUT2D eigenvalue weighted by atomic mass is 19.3. The molecule has 0 amide bonds. The van der Waals surface area contributed by atoms with Crippen molar-refractivity contribution >= 4 is 0 Å². The number of halogens is 2. The Morgan fingerprint density at radius 3 is 2.13 bits per heavy atom. The zero-order valence-electron chi connectivity index (χ0n) is 8.42. The molecule has 0 spiro atoms. The van der Waals surface area contributed by atoms with Crippen molar-refractivity contribution in [3.05, 3.63) is 30.1 Å². The monoisotopic (exact) mass is 212 g/mol. The van der Waals surface area contributed by atoms with Crippen molar-refractivity contribution in [3.8, 4) is 0 Å². The van der Waals surface area contributed by atoms with E-state index in [2.05, 4.69) is 4.98 Å². The molecule has 1 fully saturated rings. The van der Waals surface area contributed by atoms with E-state index in [1.807, 2.05) is 12.1 Å². The smallest absolute Gasteiger partial charge is 0.248 e. The van der Waals surface area contributed by atoms with Gasteiger partial charge in [0.2, 0.25) is 5.92 Å². The van der Waals surface area contributed by atoms with Gasteiger partial charge in [-0.2, -0.15) is 0 Å². The molecule has 2 nitrogen and oxygen atoms in total. The van der Waals surface area contributed by atoms with Crippen LogP contribution < -0.4 is 5.73 Å². The highest BCUT2D eigenvalue weighted by molar-refractivity contribution is 5.22. The second-order valence-electron chi connectivity index (χ2n) is 4.25. The quantitative estimate of drug-likeness (QED) is 0.776. The standard InChI is InChI=1S/C11H14F2N2/c12-11(13)5-3-10(14,4-6-11)9-1-7-15-8-2-9/h1-2,7-8H,3-6,14H2. The number of rotatable bonds is 1. The zero-order chi connectivity index (χ0) is 10.9. The molecule has 0 bridgehead atoms. The Balaban J connectivity index is 2.17. The third-order valence-corrected chi connectivity index (χ3v) is 3.13. The molecule has 0 atom stereocenters. The van der Waals surface area contributed by atoms with Gasteiger partial charge in [0.05, 0.1) is 0 Å². The van der Waals surface area contributed by atoms with Crippen molar-refractivity contribution in [2.24, 2.45) is 5.73 Å². The second kappa shape index (κ2) is 3.52. The van der Waals surface area contributed by atoms with Crippen LogP contribution in [0.25, 0.3) is 0 Å². The Morgan fingerprint density at radius 1 is 1.07 bits per heavy atom. The lowest BCUT2D eigenvalue weighted by Gasteiger charge is -2.37. The van der Waals surface area contributed by atoms with E-state index in [4.69, 9.17) is 5.73 Å². The summed E-state index contributed by atoms with van der Waals surface area (Å²) in [6.45, 7) is 0. The van der Waals surface area contributed by atoms with Crippen molar-refractivity contribution in [1.29, 1.82) is 0 Å². The van der Waals surface area contributed by atoms with E-state index in [9.17, 15) is 8.78 Å². The van der Waals surface area contributed by atoms with E-state index >= 15 is 0 Å². The van der Waals surface area contributed by atoms with Gasteiger partial charge in [-0.3, -0.25) is 4.98 Å². The van der Waals surface area contributed by atoms with Crippen LogP contribution in [0, 0.1) is 0 Å². The lowest BCUT2D eigenvalue weighted by Crippen LogP contribution is -2.43. The molecule has 1 aromatic heterocycles. The molecule has 0 radical (unpaired) electrons. The number of hydrogen-bond donors (Lipinski definition) is 1. The first-order valence-electron chi connectivity index (χ1n) is 5.09. The van der Waals surface area contributed by atoms with Crippen LogP contribution in [0.15, 0.2) is 24.5 Å². The fourth-order valence-corrected chi connectivity index (χ4v) is 2.03. The van der Waals surface area contributed by atoms with E-state index in [1.165, 1.54) is 0 Å². The maximum atomic E-state index is 13.0. The summed E-state index contributed by atoms with van der Waals surface area (Å²) in [5.41, 5.74) is 6.46. The molecular weight excluding hydrogens is 198 g/mol. The molecule has 1 saturated carbocycles. The van der Waals surface area contributed by atoms with Crippen LogP contribution in [0.3, 0.4) is 0 Å². The molecule has 0 unspecified atom stereocenters. The molecule has 0 saturated heterocycles. The van der Waals surface area contributed by atoms with E-state index < -0.39 is 11.5 Å². The lowest BCUT2D eigenvalue weighted by molar-refractivity contribution is -0.0514. The van der Waals surface area contributed by atoms with Crippen molar-refractivity contribution in [2.75, 3.05) is 0 Å². The molecule has 15 heavy (non-hydrogen) atoms. The third kappa shape index (κ3) is 2.15. The number of nitrogens with zero attached hydrogens (tertiary/aromatic N) is 1. The van der Waals surface area contributed by atoms with Crippen molar-refractivity contribution in [3.63, 3.8) is 0 Å². The molecule has 82 valence electrons. The number of aromatic nitrogens is 1. The minimum atomic E-state index is -2.53. The summed E-state index contributed by atoms with van der Waals surface area (Å²) >= 11 is 0. The topological polar surface area (TPSA) is 38.9 Å². The Bertz CT molecular complexity index is 328. The van der Waals surface area contributed by atoms with Crippen molar-refractivity contribution in [2.45, 2.75) is 37.1 Å². The molecule has 4 heteroatoms. The van der Waals surface area contributed by atoms with Gasteiger partial charge in [0.1, 0.15) is 0 Å². The summed E-state index contributed by atoms with van der Waals surface area (Å²) in [6, 6.07) is 3.62. The first-order chi connectivity index (χ1) is 7.02. The van der Waals surface area contributed by atoms with Gasteiger partial charge in [-0.15, -0.1) is 0 Å². The molecule has 0 aromatic carbocycles. The average Bonchev–Trinajstić information content (AvgIpc) is 2.24. The van der Waals surface area contributed by atoms with Crippen LogP contribution in [0.5, 0.6) is 0 Å². The predicted molar refractivity (Wildman–Crippen MR) is 53.5 cm³/mol. The van der Waals surface area contributed by atoms with Gasteiger partial charge in [-0.1, -0.05) is 0 Å². The largest absolute Gasteiger partial charge is 0.321 e. The third-order valence-electron chi connectivity index (χ3n) is 3.13. The first-order valence-corrected chi connectivity index (χ1v) is 5.09. The Labute approximate surface area is 87.5 Å². The van der Waals surface area contributed by atoms with Gasteiger partial charge in [-0.05, 0) is 30.5 Å². The lowest BCUT2D eigenvalue weighted by atomic mass is 9.76. The van der Waals surface area contributed by atoms with E-state index in [-0.39, 0.29) is 12.8 Å². The van der Waals surface area contributed by atoms with E-state index in [0.717, 1.165) is 5.56 Å². The fraction of sp³-hybridized carbons (Fsp3) is 0.545. The SMILES string of the molecule is NC1(c2ccncc2)CCC(F)(F)CC1. The van der Waals surface area contributed by atoms with Gasteiger partial charge in [0, 0.05) is 30.8 Å². The molecule has 2 rings (SSSR count). The predicted octanol–water partition coefficient (Wildman–Crippen LogP) is 2.44. The zero-order valence-corrected chi connectivity index (χ0v) is 8.42. The van der Waals surface area contributed by atoms with E-state index in [1.54, 1.807) is 12.4 Å². The molecule has 1 aromatic rings. The van der Waals surface area contributed by atoms with Crippen LogP contribution in [0.4, 0.5) is 8.78 Å². The molecule has 0 aliphatic heterocycles. The summed E-state index contributed by atoms with van der Waals surface area (Å²) in [5.74, 6) is -2.53. The van der Waals surface area contributed by atoms with Crippen molar-refractivity contribution in [1.82, 2.24) is 4.98 Å². The van der Waals surface area contributed by atoms with Crippen LogP contribution in [-0.2, 0) is 5.54 Å². The van der Waals surface area contributed by atoms with Gasteiger partial charge in [0.25, 0.3) is 0 Å². The van der Waals surface area contributed by atoms with Crippen molar-refractivity contribution < 1.29 is 8.78 Å². The average molecular weight is 212 g/mol. The highest BCUT2D eigenvalue weighted by Gasteiger charge is 2.41. The molecular formula is C11H14F2N2. The maximum Gasteiger partial charge on any atom is 0.248 e. The minimum absolute atomic E-state index is 0.119. The Kier molecular flexibility index (Phi) is 2.46.